The Hall–Kier alpha value is -2.05. The van der Waals surface area contributed by atoms with Gasteiger partial charge in [-0.05, 0) is 56.2 Å². The van der Waals surface area contributed by atoms with Crippen LogP contribution in [0.4, 0.5) is 0 Å². The molecule has 2 bridgehead atoms. The van der Waals surface area contributed by atoms with Gasteiger partial charge in [-0.1, -0.05) is 12.5 Å². The van der Waals surface area contributed by atoms with Crippen LogP contribution in [0.25, 0.3) is 0 Å². The van der Waals surface area contributed by atoms with Crippen molar-refractivity contribution in [3.05, 3.63) is 42.0 Å². The highest BCUT2D eigenvalue weighted by molar-refractivity contribution is 5.43. The van der Waals surface area contributed by atoms with Gasteiger partial charge in [0.25, 0.3) is 0 Å². The molecular weight excluding hydrogens is 390 g/mol. The van der Waals surface area contributed by atoms with Crippen molar-refractivity contribution in [2.24, 2.45) is 18.9 Å². The normalized spacial score (nSPS) is 29.3. The summed E-state index contributed by atoms with van der Waals surface area (Å²) in [7, 11) is 3.71. The van der Waals surface area contributed by atoms with Gasteiger partial charge in [-0.25, -0.2) is 4.98 Å². The second kappa shape index (κ2) is 8.47. The number of methoxy groups -OCH3 is 1. The molecule has 2 aliphatic carbocycles. The van der Waals surface area contributed by atoms with Crippen molar-refractivity contribution in [2.75, 3.05) is 20.2 Å². The van der Waals surface area contributed by atoms with Crippen LogP contribution < -0.4 is 9.47 Å². The molecule has 2 unspecified atom stereocenters. The zero-order chi connectivity index (χ0) is 21.4. The quantitative estimate of drug-likeness (QED) is 0.761. The number of nitrogens with zero attached hydrogens (tertiary/aromatic N) is 3. The van der Waals surface area contributed by atoms with Crippen LogP contribution in [0, 0.1) is 11.8 Å². The summed E-state index contributed by atoms with van der Waals surface area (Å²) in [4.78, 5) is 7.04. The fourth-order valence-electron chi connectivity index (χ4n) is 6.14. The van der Waals surface area contributed by atoms with E-state index in [1.165, 1.54) is 24.8 Å². The van der Waals surface area contributed by atoms with Gasteiger partial charge in [0.1, 0.15) is 11.4 Å². The Balaban J connectivity index is 1.31. The maximum atomic E-state index is 11.8. The first kappa shape index (κ1) is 20.8. The molecule has 6 nitrogen and oxygen atoms in total. The lowest BCUT2D eigenvalue weighted by atomic mass is 9.65. The van der Waals surface area contributed by atoms with Crippen molar-refractivity contribution in [2.45, 2.75) is 63.2 Å². The van der Waals surface area contributed by atoms with E-state index in [-0.39, 0.29) is 11.8 Å². The average molecular weight is 426 g/mol. The molecular formula is C25H35N3O3. The second-order valence-corrected chi connectivity index (χ2v) is 9.72. The van der Waals surface area contributed by atoms with Gasteiger partial charge in [-0.2, -0.15) is 0 Å². The Bertz CT molecular complexity index is 891. The minimum absolute atomic E-state index is 0.216. The summed E-state index contributed by atoms with van der Waals surface area (Å²) < 4.78 is 13.9. The topological polar surface area (TPSA) is 59.8 Å². The van der Waals surface area contributed by atoms with Crippen LogP contribution in [0.5, 0.6) is 11.5 Å². The van der Waals surface area contributed by atoms with E-state index in [0.717, 1.165) is 62.6 Å². The molecule has 1 aromatic carbocycles. The zero-order valence-electron chi connectivity index (χ0n) is 18.8. The lowest BCUT2D eigenvalue weighted by Gasteiger charge is -2.52. The average Bonchev–Trinajstić information content (AvgIpc) is 3.41. The minimum atomic E-state index is -0.816. The summed E-state index contributed by atoms with van der Waals surface area (Å²) in [6.07, 6.45) is 12.2. The highest BCUT2D eigenvalue weighted by atomic mass is 16.5. The van der Waals surface area contributed by atoms with Crippen LogP contribution in [0.1, 0.15) is 56.3 Å². The third kappa shape index (κ3) is 3.85. The Kier molecular flexibility index (Phi) is 5.69. The van der Waals surface area contributed by atoms with Crippen molar-refractivity contribution in [3.63, 3.8) is 0 Å². The monoisotopic (exact) mass is 425 g/mol. The number of aromatic nitrogens is 2. The predicted molar refractivity (Wildman–Crippen MR) is 119 cm³/mol. The number of fused-ring (bicyclic) bond motifs is 2. The van der Waals surface area contributed by atoms with Gasteiger partial charge >= 0.3 is 0 Å². The number of aryl methyl sites for hydroxylation is 1. The number of hydrogen-bond acceptors (Lipinski definition) is 5. The Morgan fingerprint density at radius 2 is 1.81 bits per heavy atom. The zero-order valence-corrected chi connectivity index (χ0v) is 18.8. The van der Waals surface area contributed by atoms with Crippen LogP contribution in [0.3, 0.4) is 0 Å². The fraction of sp³-hybridized carbons (Fsp3) is 0.640. The molecule has 2 heterocycles. The van der Waals surface area contributed by atoms with Crippen LogP contribution in [-0.2, 0) is 19.2 Å². The minimum Gasteiger partial charge on any atom is -0.493 e. The molecule has 168 valence electrons. The number of benzene rings is 1. The fourth-order valence-corrected chi connectivity index (χ4v) is 6.14. The predicted octanol–water partition coefficient (Wildman–Crippen LogP) is 3.87. The van der Waals surface area contributed by atoms with Crippen LogP contribution in [-0.4, -0.2) is 45.9 Å². The molecule has 2 atom stereocenters. The van der Waals surface area contributed by atoms with Crippen molar-refractivity contribution >= 4 is 0 Å². The van der Waals surface area contributed by atoms with Gasteiger partial charge in [0.2, 0.25) is 0 Å². The number of imidazole rings is 1. The Morgan fingerprint density at radius 1 is 1.06 bits per heavy atom. The summed E-state index contributed by atoms with van der Waals surface area (Å²) in [5.41, 5.74) is 0.417. The number of hydrogen-bond donors (Lipinski definition) is 1. The largest absolute Gasteiger partial charge is 0.493 e. The molecule has 1 saturated heterocycles. The van der Waals surface area contributed by atoms with E-state index in [1.54, 1.807) is 13.3 Å². The summed E-state index contributed by atoms with van der Waals surface area (Å²) >= 11 is 0. The molecule has 2 aromatic rings. The summed E-state index contributed by atoms with van der Waals surface area (Å²) in [5, 5.41) is 11.8. The van der Waals surface area contributed by atoms with Gasteiger partial charge in [0.15, 0.2) is 11.5 Å². The molecule has 3 fully saturated rings. The molecule has 0 radical (unpaired) electrons. The van der Waals surface area contributed by atoms with E-state index in [4.69, 9.17) is 9.47 Å². The van der Waals surface area contributed by atoms with Crippen molar-refractivity contribution in [1.82, 2.24) is 14.5 Å². The third-order valence-corrected chi connectivity index (χ3v) is 7.72. The molecule has 1 N–H and O–H groups in total. The summed E-state index contributed by atoms with van der Waals surface area (Å²) in [5.74, 6) is 2.95. The molecule has 31 heavy (non-hydrogen) atoms. The van der Waals surface area contributed by atoms with Gasteiger partial charge in [-0.15, -0.1) is 0 Å². The highest BCUT2D eigenvalue weighted by Crippen LogP contribution is 2.48. The number of aliphatic hydroxyl groups is 1. The van der Waals surface area contributed by atoms with Gasteiger partial charge in [0, 0.05) is 50.9 Å². The highest BCUT2D eigenvalue weighted by Gasteiger charge is 2.53. The second-order valence-electron chi connectivity index (χ2n) is 9.72. The summed E-state index contributed by atoms with van der Waals surface area (Å²) in [6.45, 7) is 2.65. The number of piperidine rings is 1. The number of likely N-dealkylation sites (tertiary alicyclic amines) is 1. The van der Waals surface area contributed by atoms with E-state index in [2.05, 4.69) is 28.1 Å². The van der Waals surface area contributed by atoms with E-state index < -0.39 is 5.60 Å². The smallest absolute Gasteiger partial charge is 0.161 e. The molecule has 5 rings (SSSR count). The molecule has 0 amide bonds. The van der Waals surface area contributed by atoms with Crippen molar-refractivity contribution in [1.29, 1.82) is 0 Å². The van der Waals surface area contributed by atoms with E-state index >= 15 is 0 Å². The molecule has 3 aliphatic rings. The lowest BCUT2D eigenvalue weighted by molar-refractivity contribution is -0.155. The van der Waals surface area contributed by atoms with Crippen molar-refractivity contribution in [3.8, 4) is 11.5 Å². The molecule has 1 aliphatic heterocycles. The molecule has 1 aromatic heterocycles. The van der Waals surface area contributed by atoms with E-state index in [1.807, 2.05) is 17.8 Å². The van der Waals surface area contributed by atoms with Gasteiger partial charge in [0.05, 0.1) is 13.2 Å². The Morgan fingerprint density at radius 3 is 2.45 bits per heavy atom. The van der Waals surface area contributed by atoms with E-state index in [0.29, 0.717) is 6.10 Å². The lowest BCUT2D eigenvalue weighted by Crippen LogP contribution is -2.58. The standard InChI is InChI=1S/C25H35N3O3/c1-27-13-12-26-24(27)25(29)19-6-5-7-20(25)17-28(16-19)15-18-10-11-22(23(14-18)30-2)31-21-8-3-4-9-21/h10-14,19-21,29H,3-9,15-17H2,1-2H3. The van der Waals surface area contributed by atoms with Gasteiger partial charge in [-0.3, -0.25) is 4.90 Å². The number of rotatable bonds is 6. The molecule has 2 saturated carbocycles. The first-order valence-corrected chi connectivity index (χ1v) is 11.8. The third-order valence-electron chi connectivity index (χ3n) is 7.72. The maximum absolute atomic E-state index is 11.8. The Labute approximate surface area is 185 Å². The summed E-state index contributed by atoms with van der Waals surface area (Å²) in [6, 6.07) is 6.36. The van der Waals surface area contributed by atoms with Crippen LogP contribution in [0.15, 0.2) is 30.6 Å². The molecule has 0 spiro atoms. The number of ether oxygens (including phenoxy) is 2. The molecule has 6 heteroatoms. The van der Waals surface area contributed by atoms with E-state index in [9.17, 15) is 5.11 Å². The van der Waals surface area contributed by atoms with Crippen molar-refractivity contribution < 1.29 is 14.6 Å². The SMILES string of the molecule is COc1cc(CN2CC3CCCC(C2)C3(O)c2nccn2C)ccc1OC1CCCC1. The first-order chi connectivity index (χ1) is 15.1. The first-order valence-electron chi connectivity index (χ1n) is 11.8. The van der Waals surface area contributed by atoms with Crippen LogP contribution in [0.2, 0.25) is 0 Å². The maximum Gasteiger partial charge on any atom is 0.161 e. The van der Waals surface area contributed by atoms with Crippen LogP contribution >= 0.6 is 0 Å². The van der Waals surface area contributed by atoms with Gasteiger partial charge < -0.3 is 19.1 Å².